The normalized spacial score (nSPS) is 33.8. The van der Waals surface area contributed by atoms with Crippen LogP contribution < -0.4 is 5.73 Å². The van der Waals surface area contributed by atoms with Crippen molar-refractivity contribution in [1.82, 2.24) is 19.5 Å². The number of rotatable bonds is 2. The fourth-order valence-corrected chi connectivity index (χ4v) is 2.43. The number of imidazole rings is 1. The first-order chi connectivity index (χ1) is 8.79. The Balaban J connectivity index is 1.78. The van der Waals surface area contributed by atoms with Gasteiger partial charge in [-0.15, -0.1) is 0 Å². The molecule has 4 heterocycles. The van der Waals surface area contributed by atoms with Crippen LogP contribution in [0.3, 0.4) is 0 Å². The Morgan fingerprint density at radius 2 is 2.17 bits per heavy atom. The van der Waals surface area contributed by atoms with Crippen molar-refractivity contribution in [3.05, 3.63) is 12.7 Å². The molecule has 0 unspecified atom stereocenters. The van der Waals surface area contributed by atoms with E-state index >= 15 is 0 Å². The number of nitrogens with two attached hydrogens (primary N) is 1. The van der Waals surface area contributed by atoms with Crippen molar-refractivity contribution in [2.24, 2.45) is 0 Å². The number of epoxide rings is 1. The van der Waals surface area contributed by atoms with Crippen LogP contribution in [0.2, 0.25) is 0 Å². The number of hydrogen-bond acceptors (Lipinski definition) is 7. The molecule has 4 rings (SSSR count). The molecule has 2 saturated heterocycles. The molecule has 2 aliphatic heterocycles. The maximum atomic E-state index is 9.16. The predicted molar refractivity (Wildman–Crippen MR) is 59.4 cm³/mol. The monoisotopic (exact) mass is 249 g/mol. The van der Waals surface area contributed by atoms with Crippen molar-refractivity contribution in [2.45, 2.75) is 24.5 Å². The molecule has 0 amide bonds. The molecule has 0 aromatic carbocycles. The lowest BCUT2D eigenvalue weighted by molar-refractivity contribution is -0.0823. The molecule has 0 saturated carbocycles. The van der Waals surface area contributed by atoms with Gasteiger partial charge in [0, 0.05) is 0 Å². The fraction of sp³-hybridized carbons (Fsp3) is 0.500. The van der Waals surface area contributed by atoms with Gasteiger partial charge in [0.15, 0.2) is 17.7 Å². The molecular formula is C10H11N5O3. The number of nitrogen functional groups attached to an aromatic ring is 1. The second-order valence-electron chi connectivity index (χ2n) is 4.40. The molecule has 0 aliphatic carbocycles. The van der Waals surface area contributed by atoms with Gasteiger partial charge in [-0.25, -0.2) is 15.0 Å². The lowest BCUT2D eigenvalue weighted by Gasteiger charge is -2.17. The van der Waals surface area contributed by atoms with Crippen LogP contribution in [0.25, 0.3) is 11.2 Å². The summed E-state index contributed by atoms with van der Waals surface area (Å²) < 4.78 is 12.9. The van der Waals surface area contributed by atoms with E-state index in [1.165, 1.54) is 6.33 Å². The third-order valence-corrected chi connectivity index (χ3v) is 3.36. The van der Waals surface area contributed by atoms with Crippen molar-refractivity contribution in [1.29, 1.82) is 0 Å². The Hall–Kier alpha value is -1.77. The van der Waals surface area contributed by atoms with Crippen LogP contribution in [0, 0.1) is 0 Å². The second-order valence-corrected chi connectivity index (χ2v) is 4.40. The molecule has 2 fully saturated rings. The molecule has 2 aromatic rings. The summed E-state index contributed by atoms with van der Waals surface area (Å²) in [5, 5.41) is 9.16. The molecule has 8 nitrogen and oxygen atoms in total. The number of aliphatic hydroxyl groups excluding tert-OH is 1. The van der Waals surface area contributed by atoms with Crippen LogP contribution >= 0.6 is 0 Å². The van der Waals surface area contributed by atoms with E-state index in [1.54, 1.807) is 10.9 Å². The minimum absolute atomic E-state index is 0.0309. The standard InChI is InChI=1S/C10H11N5O3/c11-8-5-9(13-2-12-8)15(3-14-5)10-7-6(18-7)4(1-16)17-10/h2-4,6-7,10,16H,1H2,(H2,11,12,13)/t4-,6-,7+,10-/m0/s1. The first-order valence-electron chi connectivity index (χ1n) is 5.64. The number of hydrogen-bond donors (Lipinski definition) is 2. The third-order valence-electron chi connectivity index (χ3n) is 3.36. The van der Waals surface area contributed by atoms with E-state index < -0.39 is 0 Å². The number of fused-ring (bicyclic) bond motifs is 2. The molecule has 0 radical (unpaired) electrons. The summed E-state index contributed by atoms with van der Waals surface area (Å²) in [6, 6.07) is 0. The van der Waals surface area contributed by atoms with Crippen molar-refractivity contribution in [3.8, 4) is 0 Å². The Bertz CT molecular complexity index is 615. The summed E-state index contributed by atoms with van der Waals surface area (Å²) in [5.41, 5.74) is 6.89. The molecule has 0 spiro atoms. The number of aliphatic hydroxyl groups is 1. The molecule has 2 aliphatic rings. The topological polar surface area (TPSA) is 112 Å². The Labute approximate surface area is 101 Å². The predicted octanol–water partition coefficient (Wildman–Crippen LogP) is -0.934. The summed E-state index contributed by atoms with van der Waals surface area (Å²) >= 11 is 0. The average molecular weight is 249 g/mol. The summed E-state index contributed by atoms with van der Waals surface area (Å²) in [5.74, 6) is 0.337. The van der Waals surface area contributed by atoms with E-state index in [-0.39, 0.29) is 31.1 Å². The number of aromatic nitrogens is 4. The first-order valence-corrected chi connectivity index (χ1v) is 5.64. The summed E-state index contributed by atoms with van der Waals surface area (Å²) in [6.07, 6.45) is 2.33. The van der Waals surface area contributed by atoms with Crippen LogP contribution in [0.1, 0.15) is 6.23 Å². The highest BCUT2D eigenvalue weighted by Crippen LogP contribution is 2.45. The van der Waals surface area contributed by atoms with Gasteiger partial charge in [-0.1, -0.05) is 0 Å². The van der Waals surface area contributed by atoms with Gasteiger partial charge in [0.2, 0.25) is 0 Å². The summed E-state index contributed by atoms with van der Waals surface area (Å²) in [7, 11) is 0. The van der Waals surface area contributed by atoms with Gasteiger partial charge in [-0.2, -0.15) is 0 Å². The van der Waals surface area contributed by atoms with Gasteiger partial charge in [0.05, 0.1) is 12.9 Å². The van der Waals surface area contributed by atoms with Gasteiger partial charge < -0.3 is 20.3 Å². The molecule has 94 valence electrons. The Kier molecular flexibility index (Phi) is 1.91. The van der Waals surface area contributed by atoms with E-state index in [0.717, 1.165) is 0 Å². The molecule has 2 aromatic heterocycles. The fourth-order valence-electron chi connectivity index (χ4n) is 2.43. The van der Waals surface area contributed by atoms with Gasteiger partial charge in [0.1, 0.15) is 30.2 Å². The van der Waals surface area contributed by atoms with E-state index in [0.29, 0.717) is 17.0 Å². The highest BCUT2D eigenvalue weighted by atomic mass is 16.7. The van der Waals surface area contributed by atoms with E-state index in [1.807, 2.05) is 0 Å². The van der Waals surface area contributed by atoms with E-state index in [2.05, 4.69) is 15.0 Å². The minimum Gasteiger partial charge on any atom is -0.394 e. The molecule has 0 bridgehead atoms. The van der Waals surface area contributed by atoms with Gasteiger partial charge in [-0.05, 0) is 0 Å². The van der Waals surface area contributed by atoms with Gasteiger partial charge in [-0.3, -0.25) is 4.57 Å². The molecule has 3 N–H and O–H groups in total. The molecular weight excluding hydrogens is 238 g/mol. The number of anilines is 1. The zero-order valence-electron chi connectivity index (χ0n) is 9.30. The second kappa shape index (κ2) is 3.37. The number of nitrogens with zero attached hydrogens (tertiary/aromatic N) is 4. The zero-order valence-corrected chi connectivity index (χ0v) is 9.30. The highest BCUT2D eigenvalue weighted by Gasteiger charge is 2.58. The lowest BCUT2D eigenvalue weighted by atomic mass is 10.2. The lowest BCUT2D eigenvalue weighted by Crippen LogP contribution is -2.22. The van der Waals surface area contributed by atoms with Crippen LogP contribution in [-0.4, -0.2) is 49.5 Å². The third kappa shape index (κ3) is 1.22. The van der Waals surface area contributed by atoms with Crippen LogP contribution in [0.15, 0.2) is 12.7 Å². The SMILES string of the molecule is Nc1ncnc2c1ncn2[C@H]1O[C@@H](CO)[C@@H]2O[C@H]21. The molecule has 18 heavy (non-hydrogen) atoms. The highest BCUT2D eigenvalue weighted by molar-refractivity contribution is 5.81. The average Bonchev–Trinajstić information content (AvgIpc) is 2.91. The summed E-state index contributed by atoms with van der Waals surface area (Å²) in [4.78, 5) is 12.2. The maximum absolute atomic E-state index is 9.16. The maximum Gasteiger partial charge on any atom is 0.167 e. The molecule has 4 atom stereocenters. The van der Waals surface area contributed by atoms with Crippen LogP contribution in [0.5, 0.6) is 0 Å². The quantitative estimate of drug-likeness (QED) is 0.661. The first kappa shape index (κ1) is 10.2. The van der Waals surface area contributed by atoms with Crippen molar-refractivity contribution in [3.63, 3.8) is 0 Å². The van der Waals surface area contributed by atoms with Crippen molar-refractivity contribution < 1.29 is 14.6 Å². The van der Waals surface area contributed by atoms with Crippen molar-refractivity contribution >= 4 is 17.0 Å². The van der Waals surface area contributed by atoms with Crippen molar-refractivity contribution in [2.75, 3.05) is 12.3 Å². The van der Waals surface area contributed by atoms with Crippen LogP contribution in [0.4, 0.5) is 5.82 Å². The largest absolute Gasteiger partial charge is 0.394 e. The Morgan fingerprint density at radius 1 is 1.28 bits per heavy atom. The van der Waals surface area contributed by atoms with E-state index in [4.69, 9.17) is 20.3 Å². The molecule has 8 heteroatoms. The minimum atomic E-state index is -0.313. The smallest absolute Gasteiger partial charge is 0.167 e. The van der Waals surface area contributed by atoms with Crippen LogP contribution in [-0.2, 0) is 9.47 Å². The van der Waals surface area contributed by atoms with Gasteiger partial charge in [0.25, 0.3) is 0 Å². The van der Waals surface area contributed by atoms with E-state index in [9.17, 15) is 0 Å². The van der Waals surface area contributed by atoms with Gasteiger partial charge >= 0.3 is 0 Å². The zero-order chi connectivity index (χ0) is 12.3. The Morgan fingerprint density at radius 3 is 2.94 bits per heavy atom. The number of ether oxygens (including phenoxy) is 2. The summed E-state index contributed by atoms with van der Waals surface area (Å²) in [6.45, 7) is -0.0541.